The summed E-state index contributed by atoms with van der Waals surface area (Å²) in [5, 5.41) is 8.60. The third-order valence-electron chi connectivity index (χ3n) is 2.59. The molecule has 0 N–H and O–H groups in total. The summed E-state index contributed by atoms with van der Waals surface area (Å²) in [5.74, 6) is -1.19. The average molecular weight is 252 g/mol. The lowest BCUT2D eigenvalue weighted by molar-refractivity contribution is 0.237. The van der Waals surface area contributed by atoms with Gasteiger partial charge in [-0.3, -0.25) is 4.90 Å². The predicted octanol–water partition coefficient (Wildman–Crippen LogP) is 3.34. The van der Waals surface area contributed by atoms with E-state index in [0.29, 0.717) is 31.0 Å². The lowest BCUT2D eigenvalue weighted by Gasteiger charge is -2.23. The van der Waals surface area contributed by atoms with Crippen LogP contribution in [0.1, 0.15) is 25.8 Å². The number of nitrogens with zero attached hydrogens (tertiary/aromatic N) is 2. The highest BCUT2D eigenvalue weighted by molar-refractivity contribution is 5.18. The van der Waals surface area contributed by atoms with E-state index >= 15 is 0 Å². The van der Waals surface area contributed by atoms with Gasteiger partial charge in [-0.1, -0.05) is 26.0 Å². The number of halogens is 2. The Balaban J connectivity index is 2.75. The minimum absolute atomic E-state index is 0.337. The molecule has 0 atom stereocenters. The SMILES string of the molecule is CC(C)CN(CCC#N)Cc1cccc(F)c1F. The summed E-state index contributed by atoms with van der Waals surface area (Å²) in [5.41, 5.74) is 0.341. The molecule has 1 aromatic carbocycles. The molecule has 0 aliphatic heterocycles. The quantitative estimate of drug-likeness (QED) is 0.776. The van der Waals surface area contributed by atoms with Gasteiger partial charge in [0.15, 0.2) is 11.6 Å². The van der Waals surface area contributed by atoms with E-state index in [9.17, 15) is 8.78 Å². The lowest BCUT2D eigenvalue weighted by Crippen LogP contribution is -2.28. The van der Waals surface area contributed by atoms with Gasteiger partial charge < -0.3 is 0 Å². The van der Waals surface area contributed by atoms with Gasteiger partial charge in [0.1, 0.15) is 0 Å². The number of rotatable bonds is 6. The van der Waals surface area contributed by atoms with Gasteiger partial charge >= 0.3 is 0 Å². The Labute approximate surface area is 107 Å². The number of benzene rings is 1. The molecule has 4 heteroatoms. The molecule has 0 fully saturated rings. The molecule has 18 heavy (non-hydrogen) atoms. The van der Waals surface area contributed by atoms with Gasteiger partial charge in [0.25, 0.3) is 0 Å². The van der Waals surface area contributed by atoms with Crippen LogP contribution in [0.5, 0.6) is 0 Å². The van der Waals surface area contributed by atoms with Crippen LogP contribution < -0.4 is 0 Å². The van der Waals surface area contributed by atoms with E-state index in [1.807, 2.05) is 4.90 Å². The predicted molar refractivity (Wildman–Crippen MR) is 66.7 cm³/mol. The van der Waals surface area contributed by atoms with E-state index in [2.05, 4.69) is 19.9 Å². The molecule has 0 spiro atoms. The summed E-state index contributed by atoms with van der Waals surface area (Å²) >= 11 is 0. The Morgan fingerprint density at radius 3 is 2.67 bits per heavy atom. The summed E-state index contributed by atoms with van der Waals surface area (Å²) in [6, 6.07) is 6.27. The second kappa shape index (κ2) is 7.07. The second-order valence-corrected chi connectivity index (χ2v) is 4.75. The zero-order valence-electron chi connectivity index (χ0n) is 10.8. The minimum Gasteiger partial charge on any atom is -0.298 e. The first-order valence-corrected chi connectivity index (χ1v) is 6.06. The van der Waals surface area contributed by atoms with Crippen LogP contribution in [0.25, 0.3) is 0 Å². The molecule has 0 unspecified atom stereocenters. The maximum Gasteiger partial charge on any atom is 0.163 e. The Hall–Kier alpha value is -1.47. The number of hydrogen-bond donors (Lipinski definition) is 0. The first-order chi connectivity index (χ1) is 8.54. The van der Waals surface area contributed by atoms with Gasteiger partial charge in [-0.05, 0) is 12.0 Å². The van der Waals surface area contributed by atoms with Crippen LogP contribution in [-0.4, -0.2) is 18.0 Å². The van der Waals surface area contributed by atoms with Crippen LogP contribution in [0.2, 0.25) is 0 Å². The van der Waals surface area contributed by atoms with Crippen molar-refractivity contribution in [2.45, 2.75) is 26.8 Å². The van der Waals surface area contributed by atoms with Crippen LogP contribution in [-0.2, 0) is 6.54 Å². The summed E-state index contributed by atoms with van der Waals surface area (Å²) < 4.78 is 26.7. The molecule has 0 aromatic heterocycles. The van der Waals surface area contributed by atoms with Crippen LogP contribution in [0.4, 0.5) is 8.78 Å². The standard InChI is InChI=1S/C14H18F2N2/c1-11(2)9-18(8-4-7-17)10-12-5-3-6-13(15)14(12)16/h3,5-6,11H,4,8-10H2,1-2H3. The third kappa shape index (κ3) is 4.42. The normalized spacial score (nSPS) is 10.9. The molecule has 0 heterocycles. The smallest absolute Gasteiger partial charge is 0.163 e. The van der Waals surface area contributed by atoms with Crippen molar-refractivity contribution in [1.82, 2.24) is 4.90 Å². The lowest BCUT2D eigenvalue weighted by atomic mass is 10.1. The Morgan fingerprint density at radius 1 is 1.33 bits per heavy atom. The largest absolute Gasteiger partial charge is 0.298 e. The fraction of sp³-hybridized carbons (Fsp3) is 0.500. The zero-order chi connectivity index (χ0) is 13.5. The highest BCUT2D eigenvalue weighted by Gasteiger charge is 2.13. The van der Waals surface area contributed by atoms with Crippen LogP contribution in [0.15, 0.2) is 18.2 Å². The minimum atomic E-state index is -0.822. The van der Waals surface area contributed by atoms with Gasteiger partial charge in [0, 0.05) is 31.6 Å². The van der Waals surface area contributed by atoms with Crippen molar-refractivity contribution in [1.29, 1.82) is 5.26 Å². The molecule has 98 valence electrons. The van der Waals surface area contributed by atoms with Crippen molar-refractivity contribution in [2.24, 2.45) is 5.92 Å². The Bertz CT molecular complexity index is 424. The van der Waals surface area contributed by atoms with Gasteiger partial charge in [0.05, 0.1) is 6.07 Å². The van der Waals surface area contributed by atoms with E-state index in [4.69, 9.17) is 5.26 Å². The summed E-state index contributed by atoms with van der Waals surface area (Å²) in [7, 11) is 0. The molecule has 1 rings (SSSR count). The molecular formula is C14H18F2N2. The van der Waals surface area contributed by atoms with Crippen molar-refractivity contribution in [3.05, 3.63) is 35.4 Å². The van der Waals surface area contributed by atoms with Gasteiger partial charge in [-0.2, -0.15) is 5.26 Å². The summed E-state index contributed by atoms with van der Waals surface area (Å²) in [4.78, 5) is 1.98. The maximum atomic E-state index is 13.6. The number of hydrogen-bond acceptors (Lipinski definition) is 2. The number of nitriles is 1. The van der Waals surface area contributed by atoms with Crippen molar-refractivity contribution in [3.63, 3.8) is 0 Å². The summed E-state index contributed by atoms with van der Waals surface area (Å²) in [6.45, 7) is 5.79. The van der Waals surface area contributed by atoms with E-state index < -0.39 is 11.6 Å². The summed E-state index contributed by atoms with van der Waals surface area (Å²) in [6.07, 6.45) is 0.393. The first-order valence-electron chi connectivity index (χ1n) is 6.06. The second-order valence-electron chi connectivity index (χ2n) is 4.75. The molecular weight excluding hydrogens is 234 g/mol. The zero-order valence-corrected chi connectivity index (χ0v) is 10.8. The van der Waals surface area contributed by atoms with Gasteiger partial charge in [-0.15, -0.1) is 0 Å². The molecule has 0 saturated carbocycles. The average Bonchev–Trinajstić information content (AvgIpc) is 2.31. The molecule has 0 aliphatic rings. The van der Waals surface area contributed by atoms with Gasteiger partial charge in [-0.25, -0.2) is 8.78 Å². The Kier molecular flexibility index (Phi) is 5.73. The third-order valence-corrected chi connectivity index (χ3v) is 2.59. The van der Waals surface area contributed by atoms with Crippen LogP contribution in [0, 0.1) is 28.9 Å². The van der Waals surface area contributed by atoms with Crippen LogP contribution >= 0.6 is 0 Å². The van der Waals surface area contributed by atoms with Gasteiger partial charge in [0.2, 0.25) is 0 Å². The molecule has 1 aromatic rings. The van der Waals surface area contributed by atoms with E-state index in [1.54, 1.807) is 6.07 Å². The molecule has 2 nitrogen and oxygen atoms in total. The highest BCUT2D eigenvalue weighted by atomic mass is 19.2. The van der Waals surface area contributed by atoms with E-state index in [1.165, 1.54) is 6.07 Å². The van der Waals surface area contributed by atoms with E-state index in [-0.39, 0.29) is 0 Å². The van der Waals surface area contributed by atoms with E-state index in [0.717, 1.165) is 12.6 Å². The molecule has 0 amide bonds. The van der Waals surface area contributed by atoms with Crippen molar-refractivity contribution >= 4 is 0 Å². The maximum absolute atomic E-state index is 13.6. The molecule has 0 bridgehead atoms. The topological polar surface area (TPSA) is 27.0 Å². The van der Waals surface area contributed by atoms with Crippen molar-refractivity contribution in [2.75, 3.05) is 13.1 Å². The monoisotopic (exact) mass is 252 g/mol. The van der Waals surface area contributed by atoms with Crippen molar-refractivity contribution < 1.29 is 8.78 Å². The molecule has 0 radical (unpaired) electrons. The molecule has 0 saturated heterocycles. The Morgan fingerprint density at radius 2 is 2.06 bits per heavy atom. The van der Waals surface area contributed by atoms with Crippen molar-refractivity contribution in [3.8, 4) is 6.07 Å². The molecule has 0 aliphatic carbocycles. The fourth-order valence-electron chi connectivity index (χ4n) is 1.87. The first kappa shape index (κ1) is 14.6. The highest BCUT2D eigenvalue weighted by Crippen LogP contribution is 2.14. The van der Waals surface area contributed by atoms with Crippen LogP contribution in [0.3, 0.4) is 0 Å². The fourth-order valence-corrected chi connectivity index (χ4v) is 1.87.